The molecule has 0 unspecified atom stereocenters. The maximum Gasteiger partial charge on any atom is 0.275 e. The topological polar surface area (TPSA) is 64.4 Å². The average Bonchev–Trinajstić information content (AvgIpc) is 2.36. The maximum absolute atomic E-state index is 10.8. The molecule has 0 aliphatic carbocycles. The van der Waals surface area contributed by atoms with Gasteiger partial charge in [0, 0.05) is 24.4 Å². The van der Waals surface area contributed by atoms with Crippen molar-refractivity contribution in [2.24, 2.45) is 0 Å². The van der Waals surface area contributed by atoms with Crippen molar-refractivity contribution in [2.75, 3.05) is 18.5 Å². The third-order valence-corrected chi connectivity index (χ3v) is 2.45. The van der Waals surface area contributed by atoms with Crippen LogP contribution in [-0.2, 0) is 0 Å². The van der Waals surface area contributed by atoms with Crippen LogP contribution >= 0.6 is 0 Å². The lowest BCUT2D eigenvalue weighted by Crippen LogP contribution is -2.02. The summed E-state index contributed by atoms with van der Waals surface area (Å²) in [6, 6.07) is 4.80. The highest BCUT2D eigenvalue weighted by Crippen LogP contribution is 2.26. The molecule has 1 N–H and O–H groups in total. The lowest BCUT2D eigenvalue weighted by atomic mass is 10.2. The summed E-state index contributed by atoms with van der Waals surface area (Å²) in [5, 5.41) is 14.0. The molecule has 5 heteroatoms. The van der Waals surface area contributed by atoms with Gasteiger partial charge in [-0.25, -0.2) is 0 Å². The zero-order valence-corrected chi connectivity index (χ0v) is 10.9. The molecule has 18 heavy (non-hydrogen) atoms. The molecule has 0 aliphatic rings. The molecule has 0 atom stereocenters. The Hall–Kier alpha value is -1.78. The lowest BCUT2D eigenvalue weighted by molar-refractivity contribution is -0.384. The number of nitro groups is 1. The van der Waals surface area contributed by atoms with E-state index in [1.54, 1.807) is 6.07 Å². The highest BCUT2D eigenvalue weighted by molar-refractivity contribution is 5.56. The Labute approximate surface area is 107 Å². The molecule has 0 radical (unpaired) electrons. The SMILES string of the molecule is CCCCOc1cc(NCCC)cc([N+](=O)[O-])c1. The van der Waals surface area contributed by atoms with Crippen LogP contribution in [0.1, 0.15) is 33.1 Å². The minimum atomic E-state index is -0.399. The second kappa shape index (κ2) is 7.53. The van der Waals surface area contributed by atoms with Gasteiger partial charge in [-0.3, -0.25) is 10.1 Å². The van der Waals surface area contributed by atoms with Gasteiger partial charge in [0.2, 0.25) is 0 Å². The third-order valence-electron chi connectivity index (χ3n) is 2.45. The Morgan fingerprint density at radius 3 is 2.67 bits per heavy atom. The van der Waals surface area contributed by atoms with E-state index in [9.17, 15) is 10.1 Å². The number of nitrogens with zero attached hydrogens (tertiary/aromatic N) is 1. The fraction of sp³-hybridized carbons (Fsp3) is 0.538. The van der Waals surface area contributed by atoms with E-state index in [0.29, 0.717) is 12.4 Å². The van der Waals surface area contributed by atoms with Crippen molar-refractivity contribution in [3.8, 4) is 5.75 Å². The normalized spacial score (nSPS) is 10.1. The van der Waals surface area contributed by atoms with Crippen molar-refractivity contribution < 1.29 is 9.66 Å². The van der Waals surface area contributed by atoms with Crippen molar-refractivity contribution >= 4 is 11.4 Å². The monoisotopic (exact) mass is 252 g/mol. The first-order chi connectivity index (χ1) is 8.67. The number of ether oxygens (including phenoxy) is 1. The zero-order chi connectivity index (χ0) is 13.4. The predicted octanol–water partition coefficient (Wildman–Crippen LogP) is 3.60. The van der Waals surface area contributed by atoms with E-state index in [2.05, 4.69) is 12.2 Å². The summed E-state index contributed by atoms with van der Waals surface area (Å²) < 4.78 is 5.51. The first kappa shape index (κ1) is 14.3. The van der Waals surface area contributed by atoms with Crippen LogP contribution in [0.5, 0.6) is 5.75 Å². The van der Waals surface area contributed by atoms with Crippen molar-refractivity contribution in [1.82, 2.24) is 0 Å². The van der Waals surface area contributed by atoms with Crippen LogP contribution in [0.4, 0.5) is 11.4 Å². The summed E-state index contributed by atoms with van der Waals surface area (Å²) >= 11 is 0. The van der Waals surface area contributed by atoms with Gasteiger partial charge >= 0.3 is 0 Å². The number of non-ortho nitro benzene ring substituents is 1. The molecule has 5 nitrogen and oxygen atoms in total. The van der Waals surface area contributed by atoms with Gasteiger partial charge in [-0.1, -0.05) is 20.3 Å². The molecule has 0 bridgehead atoms. The highest BCUT2D eigenvalue weighted by atomic mass is 16.6. The van der Waals surface area contributed by atoms with E-state index in [4.69, 9.17) is 4.74 Å². The third kappa shape index (κ3) is 4.61. The highest BCUT2D eigenvalue weighted by Gasteiger charge is 2.10. The van der Waals surface area contributed by atoms with Crippen molar-refractivity contribution in [3.63, 3.8) is 0 Å². The number of rotatable bonds is 8. The Bertz CT molecular complexity index is 394. The van der Waals surface area contributed by atoms with E-state index >= 15 is 0 Å². The Balaban J connectivity index is 2.80. The van der Waals surface area contributed by atoms with Crippen molar-refractivity contribution in [2.45, 2.75) is 33.1 Å². The van der Waals surface area contributed by atoms with Gasteiger partial charge < -0.3 is 10.1 Å². The van der Waals surface area contributed by atoms with Crippen LogP contribution < -0.4 is 10.1 Å². The number of nitro benzene ring substituents is 1. The van der Waals surface area contributed by atoms with Crippen LogP contribution in [0.3, 0.4) is 0 Å². The van der Waals surface area contributed by atoms with E-state index < -0.39 is 4.92 Å². The maximum atomic E-state index is 10.8. The van der Waals surface area contributed by atoms with E-state index in [-0.39, 0.29) is 5.69 Å². The Morgan fingerprint density at radius 2 is 2.06 bits per heavy atom. The summed E-state index contributed by atoms with van der Waals surface area (Å²) in [5.74, 6) is 0.552. The molecule has 100 valence electrons. The minimum Gasteiger partial charge on any atom is -0.493 e. The minimum absolute atomic E-state index is 0.0580. The summed E-state index contributed by atoms with van der Waals surface area (Å²) in [6.07, 6.45) is 2.95. The predicted molar refractivity (Wildman–Crippen MR) is 72.3 cm³/mol. The fourth-order valence-electron chi connectivity index (χ4n) is 1.48. The number of benzene rings is 1. The quantitative estimate of drug-likeness (QED) is 0.436. The molecule has 0 amide bonds. The Morgan fingerprint density at radius 1 is 1.28 bits per heavy atom. The molecule has 0 saturated heterocycles. The van der Waals surface area contributed by atoms with Gasteiger partial charge in [0.15, 0.2) is 0 Å². The molecule has 0 aliphatic heterocycles. The largest absolute Gasteiger partial charge is 0.493 e. The lowest BCUT2D eigenvalue weighted by Gasteiger charge is -2.09. The number of hydrogen-bond donors (Lipinski definition) is 1. The Kier molecular flexibility index (Phi) is 5.97. The van der Waals surface area contributed by atoms with Crippen LogP contribution in [0, 0.1) is 10.1 Å². The van der Waals surface area contributed by atoms with Gasteiger partial charge in [-0.15, -0.1) is 0 Å². The molecule has 0 heterocycles. The number of anilines is 1. The molecular formula is C13H20N2O3. The van der Waals surface area contributed by atoms with Gasteiger partial charge in [-0.2, -0.15) is 0 Å². The number of hydrogen-bond acceptors (Lipinski definition) is 4. The molecule has 0 fully saturated rings. The van der Waals surface area contributed by atoms with Gasteiger partial charge in [-0.05, 0) is 12.8 Å². The van der Waals surface area contributed by atoms with Crippen LogP contribution in [0.2, 0.25) is 0 Å². The molecular weight excluding hydrogens is 232 g/mol. The standard InChI is InChI=1S/C13H20N2O3/c1-3-5-7-18-13-9-11(14-6-4-2)8-12(10-13)15(16)17/h8-10,14H,3-7H2,1-2H3. The fourth-order valence-corrected chi connectivity index (χ4v) is 1.48. The molecule has 0 saturated carbocycles. The smallest absolute Gasteiger partial charge is 0.275 e. The number of unbranched alkanes of at least 4 members (excludes halogenated alkanes) is 1. The first-order valence-electron chi connectivity index (χ1n) is 6.33. The van der Waals surface area contributed by atoms with E-state index in [0.717, 1.165) is 31.5 Å². The van der Waals surface area contributed by atoms with Gasteiger partial charge in [0.05, 0.1) is 17.6 Å². The summed E-state index contributed by atoms with van der Waals surface area (Å²) in [7, 11) is 0. The second-order valence-corrected chi connectivity index (χ2v) is 4.10. The first-order valence-corrected chi connectivity index (χ1v) is 6.33. The van der Waals surface area contributed by atoms with Crippen LogP contribution in [-0.4, -0.2) is 18.1 Å². The molecule has 1 rings (SSSR count). The van der Waals surface area contributed by atoms with Crippen LogP contribution in [0.15, 0.2) is 18.2 Å². The average molecular weight is 252 g/mol. The second-order valence-electron chi connectivity index (χ2n) is 4.10. The van der Waals surface area contributed by atoms with Crippen LogP contribution in [0.25, 0.3) is 0 Å². The molecule has 0 spiro atoms. The van der Waals surface area contributed by atoms with E-state index in [1.807, 2.05) is 6.92 Å². The van der Waals surface area contributed by atoms with E-state index in [1.165, 1.54) is 12.1 Å². The van der Waals surface area contributed by atoms with Crippen molar-refractivity contribution in [3.05, 3.63) is 28.3 Å². The number of nitrogens with one attached hydrogen (secondary N) is 1. The van der Waals surface area contributed by atoms with Gasteiger partial charge in [0.25, 0.3) is 5.69 Å². The molecule has 1 aromatic carbocycles. The molecule has 0 aromatic heterocycles. The zero-order valence-electron chi connectivity index (χ0n) is 10.9. The summed E-state index contributed by atoms with van der Waals surface area (Å²) in [5.41, 5.74) is 0.792. The molecule has 1 aromatic rings. The summed E-state index contributed by atoms with van der Waals surface area (Å²) in [6.45, 7) is 5.49. The summed E-state index contributed by atoms with van der Waals surface area (Å²) in [4.78, 5) is 10.4. The van der Waals surface area contributed by atoms with Crippen molar-refractivity contribution in [1.29, 1.82) is 0 Å². The van der Waals surface area contributed by atoms with Gasteiger partial charge in [0.1, 0.15) is 5.75 Å².